The molecular weight excluding hydrogens is 379 g/mol. The summed E-state index contributed by atoms with van der Waals surface area (Å²) in [6.07, 6.45) is 0.743. The smallest absolute Gasteiger partial charge is 0.124 e. The molecule has 3 nitrogen and oxygen atoms in total. The lowest BCUT2D eigenvalue weighted by molar-refractivity contribution is 0.405. The van der Waals surface area contributed by atoms with Gasteiger partial charge < -0.3 is 4.74 Å². The Balaban J connectivity index is 1.80. The lowest BCUT2D eigenvalue weighted by atomic mass is 9.97. The van der Waals surface area contributed by atoms with Crippen LogP contribution in [0.25, 0.3) is 0 Å². The van der Waals surface area contributed by atoms with E-state index in [0.29, 0.717) is 10.0 Å². The maximum atomic E-state index is 6.49. The van der Waals surface area contributed by atoms with Crippen LogP contribution < -0.4 is 9.75 Å². The van der Waals surface area contributed by atoms with Crippen molar-refractivity contribution in [1.82, 2.24) is 0 Å². The molecule has 0 unspecified atom stereocenters. The van der Waals surface area contributed by atoms with Crippen LogP contribution in [0.2, 0.25) is 10.0 Å². The van der Waals surface area contributed by atoms with E-state index in [2.05, 4.69) is 6.07 Å². The van der Waals surface area contributed by atoms with Crippen LogP contribution in [0.15, 0.2) is 77.9 Å². The third-order valence-electron chi connectivity index (χ3n) is 4.69. The number of para-hydroxylation sites is 2. The largest absolute Gasteiger partial charge is 0.496 e. The average Bonchev–Trinajstić information content (AvgIpc) is 3.13. The Labute approximate surface area is 168 Å². The normalized spacial score (nSPS) is 16.3. The Morgan fingerprint density at radius 1 is 0.926 bits per heavy atom. The van der Waals surface area contributed by atoms with Gasteiger partial charge in [0.15, 0.2) is 0 Å². The van der Waals surface area contributed by atoms with E-state index in [4.69, 9.17) is 33.0 Å². The maximum absolute atomic E-state index is 6.49. The summed E-state index contributed by atoms with van der Waals surface area (Å²) in [5.74, 6) is 0.840. The van der Waals surface area contributed by atoms with E-state index in [1.165, 1.54) is 0 Å². The molecule has 5 heteroatoms. The number of halogens is 2. The number of rotatable bonds is 4. The summed E-state index contributed by atoms with van der Waals surface area (Å²) in [6.45, 7) is 0. The van der Waals surface area contributed by atoms with Gasteiger partial charge in [-0.3, -0.25) is 5.01 Å². The summed E-state index contributed by atoms with van der Waals surface area (Å²) in [5.41, 5.74) is 3.99. The highest BCUT2D eigenvalue weighted by Gasteiger charge is 2.32. The Hall–Kier alpha value is -2.49. The van der Waals surface area contributed by atoms with Crippen LogP contribution in [-0.2, 0) is 0 Å². The molecule has 0 aromatic heterocycles. The number of ether oxygens (including phenoxy) is 1. The van der Waals surface area contributed by atoms with Crippen LogP contribution in [0, 0.1) is 0 Å². The Morgan fingerprint density at radius 2 is 1.63 bits per heavy atom. The first kappa shape index (κ1) is 17.9. The third kappa shape index (κ3) is 3.53. The van der Waals surface area contributed by atoms with E-state index in [0.717, 1.165) is 34.7 Å². The Morgan fingerprint density at radius 3 is 2.37 bits per heavy atom. The summed E-state index contributed by atoms with van der Waals surface area (Å²) < 4.78 is 5.60. The van der Waals surface area contributed by atoms with E-state index >= 15 is 0 Å². The molecule has 0 N–H and O–H groups in total. The van der Waals surface area contributed by atoms with Crippen LogP contribution in [-0.4, -0.2) is 12.8 Å². The lowest BCUT2D eigenvalue weighted by Gasteiger charge is -2.26. The Bertz CT molecular complexity index is 986. The number of hydrogen-bond donors (Lipinski definition) is 0. The molecule has 1 atom stereocenters. The summed E-state index contributed by atoms with van der Waals surface area (Å²) in [6, 6.07) is 23.5. The van der Waals surface area contributed by atoms with Crippen LogP contribution in [0.5, 0.6) is 5.75 Å². The monoisotopic (exact) mass is 396 g/mol. The van der Waals surface area contributed by atoms with Crippen LogP contribution in [0.3, 0.4) is 0 Å². The Kier molecular flexibility index (Phi) is 5.06. The van der Waals surface area contributed by atoms with Crippen molar-refractivity contribution in [3.8, 4) is 5.75 Å². The van der Waals surface area contributed by atoms with E-state index in [-0.39, 0.29) is 6.04 Å². The summed E-state index contributed by atoms with van der Waals surface area (Å²) in [4.78, 5) is 0. The molecule has 1 aliphatic heterocycles. The van der Waals surface area contributed by atoms with Crippen molar-refractivity contribution in [3.63, 3.8) is 0 Å². The number of methoxy groups -OCH3 is 1. The van der Waals surface area contributed by atoms with Gasteiger partial charge in [0, 0.05) is 17.0 Å². The van der Waals surface area contributed by atoms with Crippen molar-refractivity contribution >= 4 is 34.6 Å². The van der Waals surface area contributed by atoms with Crippen LogP contribution in [0.1, 0.15) is 23.6 Å². The van der Waals surface area contributed by atoms with E-state index in [9.17, 15) is 0 Å². The van der Waals surface area contributed by atoms with Crippen molar-refractivity contribution in [2.75, 3.05) is 12.1 Å². The van der Waals surface area contributed by atoms with Gasteiger partial charge in [-0.15, -0.1) is 0 Å². The van der Waals surface area contributed by atoms with Gasteiger partial charge in [0.2, 0.25) is 0 Å². The van der Waals surface area contributed by atoms with Gasteiger partial charge >= 0.3 is 0 Å². The molecule has 0 fully saturated rings. The van der Waals surface area contributed by atoms with Gasteiger partial charge in [-0.05, 0) is 35.9 Å². The molecule has 0 bridgehead atoms. The fourth-order valence-corrected chi connectivity index (χ4v) is 3.72. The van der Waals surface area contributed by atoms with Crippen LogP contribution in [0.4, 0.5) is 5.69 Å². The minimum Gasteiger partial charge on any atom is -0.496 e. The molecule has 136 valence electrons. The molecule has 0 radical (unpaired) electrons. The molecule has 3 aromatic rings. The molecule has 4 rings (SSSR count). The van der Waals surface area contributed by atoms with Crippen LogP contribution >= 0.6 is 23.2 Å². The summed E-state index contributed by atoms with van der Waals surface area (Å²) >= 11 is 12.5. The third-order valence-corrected chi connectivity index (χ3v) is 5.26. The lowest BCUT2D eigenvalue weighted by Crippen LogP contribution is -2.19. The molecular formula is C22H18Cl2N2O. The average molecular weight is 397 g/mol. The van der Waals surface area contributed by atoms with Gasteiger partial charge in [0.25, 0.3) is 0 Å². The highest BCUT2D eigenvalue weighted by Crippen LogP contribution is 2.42. The van der Waals surface area contributed by atoms with E-state index in [1.807, 2.05) is 71.7 Å². The second-order valence-corrected chi connectivity index (χ2v) is 7.16. The fourth-order valence-electron chi connectivity index (χ4n) is 3.37. The first-order chi connectivity index (χ1) is 13.2. The number of anilines is 1. The first-order valence-electron chi connectivity index (χ1n) is 8.67. The van der Waals surface area contributed by atoms with E-state index < -0.39 is 0 Å². The first-order valence-corrected chi connectivity index (χ1v) is 9.43. The SMILES string of the molecule is COc1ccccc1[C@H]1CC(c2ccc(Cl)cc2)=NN1c1ccccc1Cl. The second kappa shape index (κ2) is 7.63. The second-order valence-electron chi connectivity index (χ2n) is 6.31. The van der Waals surface area contributed by atoms with Crippen molar-refractivity contribution in [3.05, 3.63) is 94.0 Å². The highest BCUT2D eigenvalue weighted by atomic mass is 35.5. The van der Waals surface area contributed by atoms with Gasteiger partial charge in [-0.1, -0.05) is 65.7 Å². The molecule has 1 heterocycles. The van der Waals surface area contributed by atoms with Gasteiger partial charge in [0.05, 0.1) is 29.6 Å². The highest BCUT2D eigenvalue weighted by molar-refractivity contribution is 6.33. The molecule has 3 aromatic carbocycles. The van der Waals surface area contributed by atoms with E-state index in [1.54, 1.807) is 7.11 Å². The quantitative estimate of drug-likeness (QED) is 0.512. The molecule has 0 saturated carbocycles. The summed E-state index contributed by atoms with van der Waals surface area (Å²) in [5, 5.41) is 8.28. The van der Waals surface area contributed by atoms with Crippen molar-refractivity contribution in [1.29, 1.82) is 0 Å². The van der Waals surface area contributed by atoms with Gasteiger partial charge in [-0.25, -0.2) is 0 Å². The molecule has 27 heavy (non-hydrogen) atoms. The zero-order valence-corrected chi connectivity index (χ0v) is 16.3. The minimum atomic E-state index is -0.00766. The molecule has 0 aliphatic carbocycles. The topological polar surface area (TPSA) is 24.8 Å². The molecule has 1 aliphatic rings. The molecule has 0 saturated heterocycles. The number of nitrogens with zero attached hydrogens (tertiary/aromatic N) is 2. The number of benzene rings is 3. The van der Waals surface area contributed by atoms with Crippen molar-refractivity contribution in [2.24, 2.45) is 5.10 Å². The number of hydrogen-bond acceptors (Lipinski definition) is 3. The van der Waals surface area contributed by atoms with Gasteiger partial charge in [0.1, 0.15) is 5.75 Å². The van der Waals surface area contributed by atoms with Crippen molar-refractivity contribution < 1.29 is 4.74 Å². The molecule has 0 amide bonds. The fraction of sp³-hybridized carbons (Fsp3) is 0.136. The zero-order chi connectivity index (χ0) is 18.8. The van der Waals surface area contributed by atoms with Crippen molar-refractivity contribution in [2.45, 2.75) is 12.5 Å². The standard InChI is InChI=1S/C22H18Cl2N2O/c1-27-22-9-5-2-6-17(22)21-14-19(15-10-12-16(23)13-11-15)25-26(21)20-8-4-3-7-18(20)24/h2-13,21H,14H2,1H3/t21-/m1/s1. The molecule has 0 spiro atoms. The minimum absolute atomic E-state index is 0.00766. The van der Waals surface area contributed by atoms with Gasteiger partial charge in [-0.2, -0.15) is 5.10 Å². The predicted molar refractivity (Wildman–Crippen MR) is 112 cm³/mol. The summed E-state index contributed by atoms with van der Waals surface area (Å²) in [7, 11) is 1.69. The predicted octanol–water partition coefficient (Wildman–Crippen LogP) is 6.36. The maximum Gasteiger partial charge on any atom is 0.124 e. The zero-order valence-electron chi connectivity index (χ0n) is 14.8. The number of hydrazone groups is 1.